The van der Waals surface area contributed by atoms with E-state index in [1.807, 2.05) is 68.4 Å². The van der Waals surface area contributed by atoms with Gasteiger partial charge in [-0.25, -0.2) is 0 Å². The van der Waals surface area contributed by atoms with Crippen molar-refractivity contribution < 1.29 is 9.59 Å². The maximum atomic E-state index is 12.6. The molecule has 0 bridgehead atoms. The highest BCUT2D eigenvalue weighted by Gasteiger charge is 2.13. The van der Waals surface area contributed by atoms with E-state index in [0.29, 0.717) is 17.7 Å². The molecule has 0 aliphatic heterocycles. The van der Waals surface area contributed by atoms with Crippen molar-refractivity contribution in [2.75, 3.05) is 0 Å². The van der Waals surface area contributed by atoms with Crippen molar-refractivity contribution in [1.82, 2.24) is 10.6 Å². The Morgan fingerprint density at radius 3 is 2.14 bits per heavy atom. The molecule has 0 radical (unpaired) electrons. The zero-order chi connectivity index (χ0) is 19.9. The van der Waals surface area contributed by atoms with Crippen LogP contribution in [0.15, 0.2) is 78.9 Å². The van der Waals surface area contributed by atoms with Gasteiger partial charge in [0, 0.05) is 17.7 Å². The maximum absolute atomic E-state index is 12.6. The Hall–Kier alpha value is -3.40. The summed E-state index contributed by atoms with van der Waals surface area (Å²) in [4.78, 5) is 25.0. The van der Waals surface area contributed by atoms with Crippen molar-refractivity contribution in [2.45, 2.75) is 26.4 Å². The van der Waals surface area contributed by atoms with Gasteiger partial charge in [0.05, 0.1) is 6.04 Å². The highest BCUT2D eigenvalue weighted by Crippen LogP contribution is 2.13. The first-order valence-electron chi connectivity index (χ1n) is 9.32. The molecule has 0 saturated heterocycles. The fraction of sp³-hybridized carbons (Fsp3) is 0.167. The normalized spacial score (nSPS) is 11.5. The van der Waals surface area contributed by atoms with E-state index in [1.165, 1.54) is 5.56 Å². The van der Waals surface area contributed by atoms with Crippen LogP contribution in [0.25, 0.3) is 0 Å². The summed E-state index contributed by atoms with van der Waals surface area (Å²) in [6.07, 6.45) is 0. The Balaban J connectivity index is 1.63. The van der Waals surface area contributed by atoms with Crippen LogP contribution in [0, 0.1) is 6.92 Å². The Labute approximate surface area is 165 Å². The van der Waals surface area contributed by atoms with Crippen LogP contribution < -0.4 is 10.6 Å². The van der Waals surface area contributed by atoms with Crippen LogP contribution in [0.2, 0.25) is 0 Å². The number of aryl methyl sites for hydroxylation is 1. The lowest BCUT2D eigenvalue weighted by molar-refractivity contribution is 0.0940. The number of nitrogens with one attached hydrogen (secondary N) is 2. The molecule has 0 aromatic heterocycles. The van der Waals surface area contributed by atoms with E-state index in [1.54, 1.807) is 24.3 Å². The van der Waals surface area contributed by atoms with Gasteiger partial charge in [0.25, 0.3) is 11.8 Å². The van der Waals surface area contributed by atoms with Crippen LogP contribution in [0.1, 0.15) is 50.4 Å². The molecule has 0 heterocycles. The van der Waals surface area contributed by atoms with Crippen molar-refractivity contribution in [3.05, 3.63) is 107 Å². The van der Waals surface area contributed by atoms with Crippen molar-refractivity contribution >= 4 is 11.8 Å². The second-order valence-electron chi connectivity index (χ2n) is 6.85. The lowest BCUT2D eigenvalue weighted by Crippen LogP contribution is -2.27. The summed E-state index contributed by atoms with van der Waals surface area (Å²) in [5, 5.41) is 5.87. The molecule has 3 rings (SSSR count). The molecule has 0 saturated carbocycles. The highest BCUT2D eigenvalue weighted by atomic mass is 16.2. The fourth-order valence-corrected chi connectivity index (χ4v) is 2.90. The van der Waals surface area contributed by atoms with Crippen LogP contribution in [0.4, 0.5) is 0 Å². The van der Waals surface area contributed by atoms with Gasteiger partial charge in [0.1, 0.15) is 0 Å². The molecule has 28 heavy (non-hydrogen) atoms. The fourth-order valence-electron chi connectivity index (χ4n) is 2.90. The van der Waals surface area contributed by atoms with Crippen molar-refractivity contribution in [3.8, 4) is 0 Å². The second-order valence-corrected chi connectivity index (χ2v) is 6.85. The molecular formula is C24H24N2O2. The summed E-state index contributed by atoms with van der Waals surface area (Å²) >= 11 is 0. The molecule has 0 fully saturated rings. The first-order valence-corrected chi connectivity index (χ1v) is 9.32. The smallest absolute Gasteiger partial charge is 0.251 e. The quantitative estimate of drug-likeness (QED) is 0.673. The SMILES string of the molecule is Cc1ccc(CNC(=O)c2cccc(C(=O)NC(C)c3ccccc3)c2)cc1. The highest BCUT2D eigenvalue weighted by molar-refractivity contribution is 5.99. The third kappa shape index (κ3) is 5.07. The molecule has 2 amide bonds. The minimum atomic E-state index is -0.204. The summed E-state index contributed by atoms with van der Waals surface area (Å²) in [5.74, 6) is -0.407. The Morgan fingerprint density at radius 2 is 1.46 bits per heavy atom. The van der Waals surface area contributed by atoms with Gasteiger partial charge in [-0.15, -0.1) is 0 Å². The van der Waals surface area contributed by atoms with Gasteiger partial charge in [-0.05, 0) is 43.2 Å². The van der Waals surface area contributed by atoms with Gasteiger partial charge in [-0.1, -0.05) is 66.2 Å². The summed E-state index contributed by atoms with van der Waals surface area (Å²) < 4.78 is 0. The van der Waals surface area contributed by atoms with E-state index in [9.17, 15) is 9.59 Å². The van der Waals surface area contributed by atoms with Crippen LogP contribution in [0.3, 0.4) is 0 Å². The van der Waals surface area contributed by atoms with Gasteiger partial charge in [0.2, 0.25) is 0 Å². The minimum Gasteiger partial charge on any atom is -0.348 e. The van der Waals surface area contributed by atoms with Crippen LogP contribution in [-0.4, -0.2) is 11.8 Å². The number of amides is 2. The molecule has 0 aliphatic carbocycles. The molecule has 3 aromatic rings. The van der Waals surface area contributed by atoms with Gasteiger partial charge < -0.3 is 10.6 Å². The van der Waals surface area contributed by atoms with E-state index in [-0.39, 0.29) is 17.9 Å². The maximum Gasteiger partial charge on any atom is 0.251 e. The third-order valence-corrected chi connectivity index (χ3v) is 4.61. The number of hydrogen-bond acceptors (Lipinski definition) is 2. The Morgan fingerprint density at radius 1 is 0.821 bits per heavy atom. The van der Waals surface area contributed by atoms with Crippen molar-refractivity contribution in [2.24, 2.45) is 0 Å². The zero-order valence-electron chi connectivity index (χ0n) is 16.1. The standard InChI is InChI=1S/C24H24N2O2/c1-17-11-13-19(14-12-17)16-25-23(27)21-9-6-10-22(15-21)24(28)26-18(2)20-7-4-3-5-8-20/h3-15,18H,16H2,1-2H3,(H,25,27)(H,26,28). The Kier molecular flexibility index (Phi) is 6.22. The predicted octanol–water partition coefficient (Wildman–Crippen LogP) is 4.42. The summed E-state index contributed by atoms with van der Waals surface area (Å²) in [7, 11) is 0. The molecule has 142 valence electrons. The molecule has 0 spiro atoms. The van der Waals surface area contributed by atoms with Gasteiger partial charge in [-0.2, -0.15) is 0 Å². The first kappa shape index (κ1) is 19.4. The lowest BCUT2D eigenvalue weighted by Gasteiger charge is -2.14. The molecule has 4 heteroatoms. The lowest BCUT2D eigenvalue weighted by atomic mass is 10.1. The third-order valence-electron chi connectivity index (χ3n) is 4.61. The van der Waals surface area contributed by atoms with E-state index in [2.05, 4.69) is 10.6 Å². The number of carbonyl (C=O) groups excluding carboxylic acids is 2. The van der Waals surface area contributed by atoms with E-state index >= 15 is 0 Å². The molecule has 2 N–H and O–H groups in total. The number of carbonyl (C=O) groups is 2. The van der Waals surface area contributed by atoms with Crippen LogP contribution in [-0.2, 0) is 6.54 Å². The molecule has 0 aliphatic rings. The van der Waals surface area contributed by atoms with E-state index in [4.69, 9.17) is 0 Å². The van der Waals surface area contributed by atoms with Crippen molar-refractivity contribution in [1.29, 1.82) is 0 Å². The summed E-state index contributed by atoms with van der Waals surface area (Å²) in [5.41, 5.74) is 4.17. The van der Waals surface area contributed by atoms with E-state index in [0.717, 1.165) is 11.1 Å². The first-order chi connectivity index (χ1) is 13.5. The van der Waals surface area contributed by atoms with E-state index < -0.39 is 0 Å². The molecule has 1 atom stereocenters. The molecule has 4 nitrogen and oxygen atoms in total. The van der Waals surface area contributed by atoms with Crippen LogP contribution in [0.5, 0.6) is 0 Å². The second kappa shape index (κ2) is 9.00. The molecule has 1 unspecified atom stereocenters. The Bertz CT molecular complexity index is 950. The zero-order valence-corrected chi connectivity index (χ0v) is 16.1. The van der Waals surface area contributed by atoms with Crippen molar-refractivity contribution in [3.63, 3.8) is 0 Å². The van der Waals surface area contributed by atoms with Gasteiger partial charge in [0.15, 0.2) is 0 Å². The van der Waals surface area contributed by atoms with Gasteiger partial charge in [-0.3, -0.25) is 9.59 Å². The largest absolute Gasteiger partial charge is 0.348 e. The number of rotatable bonds is 6. The topological polar surface area (TPSA) is 58.2 Å². The minimum absolute atomic E-state index is 0.118. The number of benzene rings is 3. The molecular weight excluding hydrogens is 348 g/mol. The average molecular weight is 372 g/mol. The van der Waals surface area contributed by atoms with Gasteiger partial charge >= 0.3 is 0 Å². The summed E-state index contributed by atoms with van der Waals surface area (Å²) in [6.45, 7) is 4.41. The number of hydrogen-bond donors (Lipinski definition) is 2. The predicted molar refractivity (Wildman–Crippen MR) is 111 cm³/mol. The monoisotopic (exact) mass is 372 g/mol. The summed E-state index contributed by atoms with van der Waals surface area (Å²) in [6, 6.07) is 24.4. The van der Waals surface area contributed by atoms with Crippen LogP contribution >= 0.6 is 0 Å². The molecule has 3 aromatic carbocycles. The average Bonchev–Trinajstić information content (AvgIpc) is 2.73.